The third-order valence-corrected chi connectivity index (χ3v) is 3.08. The normalized spacial score (nSPS) is 10.3. The van der Waals surface area contributed by atoms with Crippen LogP contribution in [0.1, 0.15) is 15.9 Å². The van der Waals surface area contributed by atoms with Crippen molar-refractivity contribution < 1.29 is 19.0 Å². The van der Waals surface area contributed by atoms with Crippen molar-refractivity contribution in [1.29, 1.82) is 0 Å². The Morgan fingerprint density at radius 1 is 1.20 bits per heavy atom. The van der Waals surface area contributed by atoms with E-state index in [9.17, 15) is 9.18 Å². The molecular formula is C14H9Cl2FO3. The molecule has 0 spiro atoms. The highest BCUT2D eigenvalue weighted by Gasteiger charge is 2.13. The van der Waals surface area contributed by atoms with E-state index in [2.05, 4.69) is 0 Å². The fraction of sp³-hybridized carbons (Fsp3) is 0.0714. The predicted molar refractivity (Wildman–Crippen MR) is 74.2 cm³/mol. The fourth-order valence-corrected chi connectivity index (χ4v) is 2.20. The van der Waals surface area contributed by atoms with Crippen LogP contribution in [0, 0.1) is 5.82 Å². The van der Waals surface area contributed by atoms with Gasteiger partial charge in [-0.05, 0) is 29.8 Å². The van der Waals surface area contributed by atoms with Gasteiger partial charge in [0.05, 0.1) is 15.6 Å². The van der Waals surface area contributed by atoms with E-state index in [1.54, 1.807) is 12.1 Å². The van der Waals surface area contributed by atoms with Crippen LogP contribution in [0.3, 0.4) is 0 Å². The molecule has 0 atom stereocenters. The molecule has 2 rings (SSSR count). The summed E-state index contributed by atoms with van der Waals surface area (Å²) in [7, 11) is 0. The van der Waals surface area contributed by atoms with Crippen molar-refractivity contribution in [2.75, 3.05) is 0 Å². The number of rotatable bonds is 4. The lowest BCUT2D eigenvalue weighted by molar-refractivity contribution is 0.0697. The van der Waals surface area contributed by atoms with Gasteiger partial charge in [-0.25, -0.2) is 9.18 Å². The quantitative estimate of drug-likeness (QED) is 0.909. The largest absolute Gasteiger partial charge is 0.486 e. The maximum atomic E-state index is 13.0. The van der Waals surface area contributed by atoms with Gasteiger partial charge >= 0.3 is 5.97 Å². The number of carboxylic acids is 1. The summed E-state index contributed by atoms with van der Waals surface area (Å²) < 4.78 is 18.4. The van der Waals surface area contributed by atoms with Gasteiger partial charge in [0.25, 0.3) is 0 Å². The molecule has 1 N–H and O–H groups in total. The van der Waals surface area contributed by atoms with Crippen molar-refractivity contribution in [3.8, 4) is 5.75 Å². The van der Waals surface area contributed by atoms with E-state index in [0.29, 0.717) is 5.56 Å². The molecule has 0 aliphatic heterocycles. The minimum absolute atomic E-state index is 0.0295. The fourth-order valence-electron chi connectivity index (χ4n) is 1.60. The van der Waals surface area contributed by atoms with Gasteiger partial charge in [0, 0.05) is 0 Å². The molecule has 6 heteroatoms. The summed E-state index contributed by atoms with van der Waals surface area (Å²) in [6.07, 6.45) is 0. The molecule has 0 unspecified atom stereocenters. The zero-order chi connectivity index (χ0) is 14.7. The molecule has 20 heavy (non-hydrogen) atoms. The average molecular weight is 315 g/mol. The molecule has 0 aliphatic rings. The van der Waals surface area contributed by atoms with Gasteiger partial charge in [0.15, 0.2) is 5.75 Å². The second kappa shape index (κ2) is 6.11. The molecule has 0 saturated heterocycles. The molecular weight excluding hydrogens is 306 g/mol. The first-order valence-corrected chi connectivity index (χ1v) is 6.32. The molecule has 0 heterocycles. The lowest BCUT2D eigenvalue weighted by Crippen LogP contribution is -2.00. The van der Waals surface area contributed by atoms with Crippen molar-refractivity contribution in [3.05, 3.63) is 63.4 Å². The zero-order valence-electron chi connectivity index (χ0n) is 10.1. The van der Waals surface area contributed by atoms with Crippen LogP contribution in [0.2, 0.25) is 10.0 Å². The van der Waals surface area contributed by atoms with E-state index in [0.717, 1.165) is 0 Å². The highest BCUT2D eigenvalue weighted by atomic mass is 35.5. The number of ether oxygens (including phenoxy) is 1. The summed E-state index contributed by atoms with van der Waals surface area (Å²) in [6.45, 7) is 0.0730. The minimum atomic E-state index is -1.13. The Morgan fingerprint density at radius 3 is 2.40 bits per heavy atom. The van der Waals surface area contributed by atoms with Crippen molar-refractivity contribution in [2.45, 2.75) is 6.61 Å². The number of hydrogen-bond acceptors (Lipinski definition) is 2. The first-order valence-electron chi connectivity index (χ1n) is 5.57. The number of carboxylic acid groups (broad SMARTS) is 1. The predicted octanol–water partition coefficient (Wildman–Crippen LogP) is 4.41. The van der Waals surface area contributed by atoms with E-state index in [1.165, 1.54) is 24.3 Å². The second-order valence-corrected chi connectivity index (χ2v) is 4.81. The molecule has 0 bridgehead atoms. The van der Waals surface area contributed by atoms with Crippen LogP contribution in [0.15, 0.2) is 36.4 Å². The molecule has 0 aromatic heterocycles. The van der Waals surface area contributed by atoms with Crippen LogP contribution in [-0.4, -0.2) is 11.1 Å². The lowest BCUT2D eigenvalue weighted by atomic mass is 10.2. The van der Waals surface area contributed by atoms with Crippen molar-refractivity contribution in [2.24, 2.45) is 0 Å². The zero-order valence-corrected chi connectivity index (χ0v) is 11.6. The summed E-state index contributed by atoms with van der Waals surface area (Å²) in [6, 6.07) is 8.40. The van der Waals surface area contributed by atoms with E-state index in [-0.39, 0.29) is 33.8 Å². The topological polar surface area (TPSA) is 46.5 Å². The monoisotopic (exact) mass is 314 g/mol. The first-order chi connectivity index (χ1) is 9.47. The Balaban J connectivity index is 2.20. The number of carbonyl (C=O) groups is 1. The van der Waals surface area contributed by atoms with Crippen LogP contribution in [-0.2, 0) is 6.61 Å². The van der Waals surface area contributed by atoms with E-state index >= 15 is 0 Å². The van der Waals surface area contributed by atoms with E-state index < -0.39 is 5.97 Å². The average Bonchev–Trinajstić information content (AvgIpc) is 2.37. The van der Waals surface area contributed by atoms with Crippen molar-refractivity contribution >= 4 is 29.2 Å². The molecule has 104 valence electrons. The van der Waals surface area contributed by atoms with Crippen LogP contribution >= 0.6 is 23.2 Å². The summed E-state index contributed by atoms with van der Waals surface area (Å²) in [5, 5.41) is 9.04. The summed E-state index contributed by atoms with van der Waals surface area (Å²) >= 11 is 11.9. The van der Waals surface area contributed by atoms with Crippen molar-refractivity contribution in [1.82, 2.24) is 0 Å². The van der Waals surface area contributed by atoms with Gasteiger partial charge in [-0.15, -0.1) is 0 Å². The van der Waals surface area contributed by atoms with Gasteiger partial charge in [-0.2, -0.15) is 0 Å². The SMILES string of the molecule is O=C(O)c1cc(Cl)c(OCc2cccc(F)c2)c(Cl)c1. The Labute approximate surface area is 124 Å². The van der Waals surface area contributed by atoms with Gasteiger partial charge < -0.3 is 9.84 Å². The molecule has 3 nitrogen and oxygen atoms in total. The Bertz CT molecular complexity index is 636. The van der Waals surface area contributed by atoms with Gasteiger partial charge in [-0.3, -0.25) is 0 Å². The molecule has 0 amide bonds. The molecule has 2 aromatic rings. The number of halogens is 3. The standard InChI is InChI=1S/C14H9Cl2FO3/c15-11-5-9(14(18)19)6-12(16)13(11)20-7-8-2-1-3-10(17)4-8/h1-6H,7H2,(H,18,19). The van der Waals surface area contributed by atoms with Crippen LogP contribution in [0.25, 0.3) is 0 Å². The van der Waals surface area contributed by atoms with Crippen LogP contribution in [0.4, 0.5) is 4.39 Å². The van der Waals surface area contributed by atoms with Gasteiger partial charge in [0.1, 0.15) is 12.4 Å². The summed E-state index contributed by atoms with van der Waals surface area (Å²) in [4.78, 5) is 10.8. The Morgan fingerprint density at radius 2 is 1.85 bits per heavy atom. The van der Waals surface area contributed by atoms with Crippen molar-refractivity contribution in [3.63, 3.8) is 0 Å². The maximum Gasteiger partial charge on any atom is 0.335 e. The van der Waals surface area contributed by atoms with Crippen LogP contribution in [0.5, 0.6) is 5.75 Å². The highest BCUT2D eigenvalue weighted by molar-refractivity contribution is 6.37. The number of aromatic carboxylic acids is 1. The Kier molecular flexibility index (Phi) is 4.47. The second-order valence-electron chi connectivity index (χ2n) is 3.99. The van der Waals surface area contributed by atoms with Gasteiger partial charge in [-0.1, -0.05) is 35.3 Å². The highest BCUT2D eigenvalue weighted by Crippen LogP contribution is 2.34. The molecule has 0 fully saturated rings. The Hall–Kier alpha value is -1.78. The van der Waals surface area contributed by atoms with E-state index in [4.69, 9.17) is 33.0 Å². The minimum Gasteiger partial charge on any atom is -0.486 e. The maximum absolute atomic E-state index is 13.0. The molecule has 0 saturated carbocycles. The third kappa shape index (κ3) is 3.40. The lowest BCUT2D eigenvalue weighted by Gasteiger charge is -2.11. The summed E-state index contributed by atoms with van der Waals surface area (Å²) in [5.41, 5.74) is 0.581. The molecule has 0 radical (unpaired) electrons. The van der Waals surface area contributed by atoms with Gasteiger partial charge in [0.2, 0.25) is 0 Å². The van der Waals surface area contributed by atoms with E-state index in [1.807, 2.05) is 0 Å². The molecule has 0 aliphatic carbocycles. The summed E-state index contributed by atoms with van der Waals surface area (Å²) in [5.74, 6) is -1.34. The number of benzene rings is 2. The third-order valence-electron chi connectivity index (χ3n) is 2.52. The van der Waals surface area contributed by atoms with Crippen LogP contribution < -0.4 is 4.74 Å². The first kappa shape index (κ1) is 14.6. The molecule has 2 aromatic carbocycles. The smallest absolute Gasteiger partial charge is 0.335 e. The number of hydrogen-bond donors (Lipinski definition) is 1.